The normalized spacial score (nSPS) is 10.4. The van der Waals surface area contributed by atoms with E-state index in [2.05, 4.69) is 20.3 Å². The standard InChI is InChI=1S/C11H21/c1-3-5-7-9-11-10-8-6-4-2/h5H,1-4,6-11H2. The molecule has 0 rings (SSSR count). The van der Waals surface area contributed by atoms with Crippen molar-refractivity contribution in [2.75, 3.05) is 0 Å². The van der Waals surface area contributed by atoms with E-state index in [0.717, 1.165) is 12.8 Å². The van der Waals surface area contributed by atoms with Crippen molar-refractivity contribution in [1.29, 1.82) is 0 Å². The molecule has 0 aromatic rings. The maximum absolute atomic E-state index is 3.82. The van der Waals surface area contributed by atoms with Gasteiger partial charge in [0.1, 0.15) is 0 Å². The van der Waals surface area contributed by atoms with Gasteiger partial charge in [-0.25, -0.2) is 0 Å². The largest absolute Gasteiger partial charge is 0.0533 e. The Balaban J connectivity index is 2.69. The summed E-state index contributed by atoms with van der Waals surface area (Å²) in [6.45, 7) is 7.59. The smallest absolute Gasteiger partial charge is 0.0386 e. The third kappa shape index (κ3) is 10.0. The molecule has 0 spiro atoms. The van der Waals surface area contributed by atoms with Gasteiger partial charge in [0.25, 0.3) is 0 Å². The fraction of sp³-hybridized carbons (Fsp3) is 0.727. The molecule has 0 nitrogen and oxygen atoms in total. The summed E-state index contributed by atoms with van der Waals surface area (Å²) >= 11 is 0. The highest BCUT2D eigenvalue weighted by atomic mass is 13.9. The molecule has 0 aliphatic rings. The van der Waals surface area contributed by atoms with Crippen LogP contribution in [0.4, 0.5) is 0 Å². The highest BCUT2D eigenvalue weighted by Gasteiger charge is 1.89. The van der Waals surface area contributed by atoms with Crippen LogP contribution in [0.25, 0.3) is 0 Å². The van der Waals surface area contributed by atoms with Crippen molar-refractivity contribution in [3.05, 3.63) is 20.3 Å². The maximum atomic E-state index is 3.82. The van der Waals surface area contributed by atoms with Gasteiger partial charge in [0.15, 0.2) is 0 Å². The van der Waals surface area contributed by atoms with Crippen LogP contribution < -0.4 is 0 Å². The van der Waals surface area contributed by atoms with Crippen molar-refractivity contribution in [3.8, 4) is 0 Å². The van der Waals surface area contributed by atoms with Crippen LogP contribution in [0.3, 0.4) is 0 Å². The molecule has 3 radical (unpaired) electrons. The van der Waals surface area contributed by atoms with E-state index in [1.54, 1.807) is 0 Å². The Kier molecular flexibility index (Phi) is 10.0. The maximum Gasteiger partial charge on any atom is -0.0386 e. The van der Waals surface area contributed by atoms with E-state index in [1.807, 2.05) is 0 Å². The predicted octanol–water partition coefficient (Wildman–Crippen LogP) is 3.98. The van der Waals surface area contributed by atoms with Crippen molar-refractivity contribution < 1.29 is 0 Å². The first-order chi connectivity index (χ1) is 5.41. The van der Waals surface area contributed by atoms with Gasteiger partial charge >= 0.3 is 0 Å². The molecule has 0 heterocycles. The van der Waals surface area contributed by atoms with Crippen LogP contribution >= 0.6 is 0 Å². The zero-order chi connectivity index (χ0) is 8.36. The lowest BCUT2D eigenvalue weighted by molar-refractivity contribution is 0.612. The molecule has 0 fully saturated rings. The average Bonchev–Trinajstić information content (AvgIpc) is 2.03. The Hall–Kier alpha value is 0. The molecular weight excluding hydrogens is 132 g/mol. The lowest BCUT2D eigenvalue weighted by Crippen LogP contribution is -1.79. The highest BCUT2D eigenvalue weighted by molar-refractivity contribution is 4.64. The Morgan fingerprint density at radius 2 is 1.45 bits per heavy atom. The first-order valence-corrected chi connectivity index (χ1v) is 4.82. The second-order valence-electron chi connectivity index (χ2n) is 2.99. The summed E-state index contributed by atoms with van der Waals surface area (Å²) < 4.78 is 0. The number of hydrogen-bond acceptors (Lipinski definition) is 0. The highest BCUT2D eigenvalue weighted by Crippen LogP contribution is 2.08. The van der Waals surface area contributed by atoms with E-state index in [-0.39, 0.29) is 0 Å². The van der Waals surface area contributed by atoms with Gasteiger partial charge in [0.2, 0.25) is 0 Å². The SMILES string of the molecule is [CH2]C[CH]CCCCCCC[CH2]. The molecule has 0 bridgehead atoms. The van der Waals surface area contributed by atoms with Gasteiger partial charge in [0.05, 0.1) is 0 Å². The number of unbranched alkanes of at least 4 members (excludes halogenated alkanes) is 8. The molecule has 0 N–H and O–H groups in total. The Bertz CT molecular complexity index is 49.1. The van der Waals surface area contributed by atoms with Gasteiger partial charge in [-0.2, -0.15) is 0 Å². The second kappa shape index (κ2) is 10.0. The summed E-state index contributed by atoms with van der Waals surface area (Å²) in [5.41, 5.74) is 0. The minimum absolute atomic E-state index is 0.985. The molecule has 0 heteroatoms. The number of rotatable bonds is 8. The summed E-state index contributed by atoms with van der Waals surface area (Å²) in [6, 6.07) is 0. The predicted molar refractivity (Wildman–Crippen MR) is 52.0 cm³/mol. The van der Waals surface area contributed by atoms with E-state index in [4.69, 9.17) is 0 Å². The van der Waals surface area contributed by atoms with Gasteiger partial charge in [-0.3, -0.25) is 0 Å². The lowest BCUT2D eigenvalue weighted by Gasteiger charge is -1.98. The second-order valence-corrected chi connectivity index (χ2v) is 2.99. The van der Waals surface area contributed by atoms with Gasteiger partial charge < -0.3 is 0 Å². The molecule has 0 atom stereocenters. The molecule has 11 heavy (non-hydrogen) atoms. The number of hydrogen-bond donors (Lipinski definition) is 0. The molecule has 0 aliphatic carbocycles. The summed E-state index contributed by atoms with van der Waals surface area (Å²) in [6.07, 6.45) is 12.4. The summed E-state index contributed by atoms with van der Waals surface area (Å²) in [5.74, 6) is 0. The van der Waals surface area contributed by atoms with Gasteiger partial charge in [-0.1, -0.05) is 65.2 Å². The molecule has 0 unspecified atom stereocenters. The summed E-state index contributed by atoms with van der Waals surface area (Å²) in [4.78, 5) is 0. The van der Waals surface area contributed by atoms with Crippen LogP contribution in [-0.2, 0) is 0 Å². The van der Waals surface area contributed by atoms with E-state index in [0.29, 0.717) is 0 Å². The third-order valence-corrected chi connectivity index (χ3v) is 1.86. The van der Waals surface area contributed by atoms with Crippen LogP contribution in [0.5, 0.6) is 0 Å². The molecule has 65 valence electrons. The molecule has 0 aromatic carbocycles. The van der Waals surface area contributed by atoms with Gasteiger partial charge in [-0.15, -0.1) is 0 Å². The first kappa shape index (κ1) is 11.0. The molecular formula is C11H21. The van der Waals surface area contributed by atoms with Gasteiger partial charge in [-0.05, 0) is 6.42 Å². The zero-order valence-corrected chi connectivity index (χ0v) is 7.65. The minimum Gasteiger partial charge on any atom is -0.0533 e. The zero-order valence-electron chi connectivity index (χ0n) is 7.65. The van der Waals surface area contributed by atoms with Gasteiger partial charge in [0, 0.05) is 0 Å². The Morgan fingerprint density at radius 3 is 2.09 bits per heavy atom. The monoisotopic (exact) mass is 153 g/mol. The van der Waals surface area contributed by atoms with Crippen LogP contribution in [-0.4, -0.2) is 0 Å². The van der Waals surface area contributed by atoms with Crippen LogP contribution in [0.15, 0.2) is 0 Å². The van der Waals surface area contributed by atoms with Crippen molar-refractivity contribution in [1.82, 2.24) is 0 Å². The summed E-state index contributed by atoms with van der Waals surface area (Å²) in [5, 5.41) is 0. The van der Waals surface area contributed by atoms with Crippen molar-refractivity contribution in [2.45, 2.75) is 51.4 Å². The van der Waals surface area contributed by atoms with Crippen molar-refractivity contribution >= 4 is 0 Å². The summed E-state index contributed by atoms with van der Waals surface area (Å²) in [7, 11) is 0. The van der Waals surface area contributed by atoms with Crippen LogP contribution in [0.1, 0.15) is 51.4 Å². The molecule has 0 aliphatic heterocycles. The average molecular weight is 153 g/mol. The fourth-order valence-corrected chi connectivity index (χ4v) is 1.14. The van der Waals surface area contributed by atoms with E-state index < -0.39 is 0 Å². The van der Waals surface area contributed by atoms with E-state index in [1.165, 1.54) is 38.5 Å². The van der Waals surface area contributed by atoms with E-state index in [9.17, 15) is 0 Å². The fourth-order valence-electron chi connectivity index (χ4n) is 1.14. The Morgan fingerprint density at radius 1 is 0.818 bits per heavy atom. The van der Waals surface area contributed by atoms with Crippen molar-refractivity contribution in [2.24, 2.45) is 0 Å². The first-order valence-electron chi connectivity index (χ1n) is 4.82. The molecule has 0 saturated carbocycles. The topological polar surface area (TPSA) is 0 Å². The quantitative estimate of drug-likeness (QED) is 0.463. The third-order valence-electron chi connectivity index (χ3n) is 1.86. The van der Waals surface area contributed by atoms with Crippen molar-refractivity contribution in [3.63, 3.8) is 0 Å². The minimum atomic E-state index is 0.985. The van der Waals surface area contributed by atoms with Crippen LogP contribution in [0, 0.1) is 20.3 Å². The Labute approximate surface area is 72.4 Å². The lowest BCUT2D eigenvalue weighted by atomic mass is 10.1. The molecule has 0 aromatic heterocycles. The van der Waals surface area contributed by atoms with Crippen LogP contribution in [0.2, 0.25) is 0 Å². The molecule has 0 amide bonds. The molecule has 0 saturated heterocycles. The van der Waals surface area contributed by atoms with E-state index >= 15 is 0 Å².